The van der Waals surface area contributed by atoms with Gasteiger partial charge in [0.2, 0.25) is 6.79 Å². The Morgan fingerprint density at radius 3 is 2.00 bits per heavy atom. The van der Waals surface area contributed by atoms with Crippen LogP contribution in [0.15, 0.2) is 0 Å². The van der Waals surface area contributed by atoms with Crippen molar-refractivity contribution in [2.75, 3.05) is 6.79 Å². The summed E-state index contributed by atoms with van der Waals surface area (Å²) in [4.78, 5) is 33.5. The van der Waals surface area contributed by atoms with Crippen molar-refractivity contribution in [2.45, 2.75) is 47.0 Å². The van der Waals surface area contributed by atoms with Crippen LogP contribution >= 0.6 is 0 Å². The van der Waals surface area contributed by atoms with Crippen LogP contribution < -0.4 is 0 Å². The van der Waals surface area contributed by atoms with Crippen LogP contribution in [0.1, 0.15) is 47.0 Å². The molecular formula is C13H22O5. The van der Waals surface area contributed by atoms with Gasteiger partial charge >= 0.3 is 11.9 Å². The SMILES string of the molecule is CC(C)C(=O)CCCC(=O)OCOC(=O)C(C)C. The Morgan fingerprint density at radius 2 is 1.50 bits per heavy atom. The number of esters is 2. The molecule has 0 fully saturated rings. The van der Waals surface area contributed by atoms with Crippen LogP contribution in [-0.4, -0.2) is 24.5 Å². The van der Waals surface area contributed by atoms with Crippen LogP contribution in [-0.2, 0) is 23.9 Å². The van der Waals surface area contributed by atoms with Gasteiger partial charge in [-0.2, -0.15) is 0 Å². The summed E-state index contributed by atoms with van der Waals surface area (Å²) in [5.74, 6) is -0.977. The van der Waals surface area contributed by atoms with Crippen molar-refractivity contribution in [1.29, 1.82) is 0 Å². The third-order valence-electron chi connectivity index (χ3n) is 2.34. The number of ketones is 1. The minimum atomic E-state index is -0.455. The molecule has 0 saturated heterocycles. The van der Waals surface area contributed by atoms with E-state index in [0.717, 1.165) is 0 Å². The van der Waals surface area contributed by atoms with Crippen molar-refractivity contribution in [3.8, 4) is 0 Å². The van der Waals surface area contributed by atoms with E-state index in [1.54, 1.807) is 13.8 Å². The smallest absolute Gasteiger partial charge is 0.311 e. The number of hydrogen-bond acceptors (Lipinski definition) is 5. The van der Waals surface area contributed by atoms with Gasteiger partial charge in [0.05, 0.1) is 5.92 Å². The van der Waals surface area contributed by atoms with E-state index in [1.165, 1.54) is 0 Å². The van der Waals surface area contributed by atoms with Crippen LogP contribution in [0.25, 0.3) is 0 Å². The molecule has 0 spiro atoms. The highest BCUT2D eigenvalue weighted by molar-refractivity contribution is 5.80. The van der Waals surface area contributed by atoms with Gasteiger partial charge in [-0.1, -0.05) is 27.7 Å². The quantitative estimate of drug-likeness (QED) is 0.492. The Morgan fingerprint density at radius 1 is 0.889 bits per heavy atom. The van der Waals surface area contributed by atoms with Crippen molar-refractivity contribution >= 4 is 17.7 Å². The van der Waals surface area contributed by atoms with Gasteiger partial charge in [-0.15, -0.1) is 0 Å². The predicted octanol–water partition coefficient (Wildman–Crippen LogP) is 2.08. The van der Waals surface area contributed by atoms with E-state index in [0.29, 0.717) is 12.8 Å². The molecule has 0 amide bonds. The van der Waals surface area contributed by atoms with Crippen LogP contribution in [0.3, 0.4) is 0 Å². The first-order valence-corrected chi connectivity index (χ1v) is 6.19. The second-order valence-electron chi connectivity index (χ2n) is 4.73. The zero-order valence-corrected chi connectivity index (χ0v) is 11.5. The van der Waals surface area contributed by atoms with Gasteiger partial charge < -0.3 is 9.47 Å². The largest absolute Gasteiger partial charge is 0.428 e. The fraction of sp³-hybridized carbons (Fsp3) is 0.769. The molecule has 18 heavy (non-hydrogen) atoms. The topological polar surface area (TPSA) is 69.7 Å². The number of ether oxygens (including phenoxy) is 2. The van der Waals surface area contributed by atoms with Gasteiger partial charge in [-0.05, 0) is 6.42 Å². The first-order chi connectivity index (χ1) is 8.34. The summed E-state index contributed by atoms with van der Waals surface area (Å²) in [6, 6.07) is 0. The van der Waals surface area contributed by atoms with Crippen LogP contribution in [0.5, 0.6) is 0 Å². The minimum absolute atomic E-state index is 0.00647. The Balaban J connectivity index is 3.61. The number of carbonyl (C=O) groups excluding carboxylic acids is 3. The van der Waals surface area contributed by atoms with Gasteiger partial charge in [0.25, 0.3) is 0 Å². The molecule has 0 saturated carbocycles. The van der Waals surface area contributed by atoms with Crippen LogP contribution in [0.4, 0.5) is 0 Å². The average molecular weight is 258 g/mol. The van der Waals surface area contributed by atoms with E-state index in [2.05, 4.69) is 0 Å². The highest BCUT2D eigenvalue weighted by atomic mass is 16.7. The van der Waals surface area contributed by atoms with Crippen molar-refractivity contribution in [3.05, 3.63) is 0 Å². The van der Waals surface area contributed by atoms with Crippen LogP contribution in [0, 0.1) is 11.8 Å². The maximum atomic E-state index is 11.3. The van der Waals surface area contributed by atoms with Crippen LogP contribution in [0.2, 0.25) is 0 Å². The van der Waals surface area contributed by atoms with E-state index in [-0.39, 0.29) is 30.8 Å². The first kappa shape index (κ1) is 16.6. The molecule has 0 aliphatic rings. The molecule has 0 aliphatic heterocycles. The standard InChI is InChI=1S/C13H22O5/c1-9(2)11(14)6-5-7-12(15)17-8-18-13(16)10(3)4/h9-10H,5-8H2,1-4H3. The second kappa shape index (κ2) is 8.66. The molecule has 0 unspecified atom stereocenters. The summed E-state index contributed by atoms with van der Waals surface area (Å²) in [6.45, 7) is 6.69. The first-order valence-electron chi connectivity index (χ1n) is 6.19. The van der Waals surface area contributed by atoms with E-state index in [4.69, 9.17) is 9.47 Å². The summed E-state index contributed by atoms with van der Waals surface area (Å²) in [5, 5.41) is 0. The monoisotopic (exact) mass is 258 g/mol. The Bertz CT molecular complexity index is 266. The fourth-order valence-corrected chi connectivity index (χ4v) is 1.09. The average Bonchev–Trinajstić information content (AvgIpc) is 2.28. The maximum Gasteiger partial charge on any atom is 0.311 e. The van der Waals surface area contributed by atoms with Gasteiger partial charge in [-0.25, -0.2) is 0 Å². The van der Waals surface area contributed by atoms with E-state index >= 15 is 0 Å². The summed E-state index contributed by atoms with van der Waals surface area (Å²) < 4.78 is 9.40. The molecule has 104 valence electrons. The van der Waals surface area contributed by atoms with Crippen molar-refractivity contribution < 1.29 is 23.9 Å². The Hall–Kier alpha value is -1.39. The number of Topliss-reactive ketones (excluding diaryl/α,β-unsaturated/α-hetero) is 1. The lowest BCUT2D eigenvalue weighted by molar-refractivity contribution is -0.169. The molecule has 0 aromatic carbocycles. The predicted molar refractivity (Wildman–Crippen MR) is 65.6 cm³/mol. The van der Waals surface area contributed by atoms with Crippen molar-refractivity contribution in [1.82, 2.24) is 0 Å². The zero-order chi connectivity index (χ0) is 14.1. The van der Waals surface area contributed by atoms with E-state index < -0.39 is 11.9 Å². The van der Waals surface area contributed by atoms with E-state index in [9.17, 15) is 14.4 Å². The Labute approximate surface area is 108 Å². The molecule has 0 bridgehead atoms. The normalized spacial score (nSPS) is 10.6. The lowest BCUT2D eigenvalue weighted by Gasteiger charge is -2.08. The van der Waals surface area contributed by atoms with Gasteiger partial charge in [0.1, 0.15) is 5.78 Å². The number of hydrogen-bond donors (Lipinski definition) is 0. The van der Waals surface area contributed by atoms with Crippen molar-refractivity contribution in [3.63, 3.8) is 0 Å². The summed E-state index contributed by atoms with van der Waals surface area (Å²) in [6.07, 6.45) is 1.00. The Kier molecular flexibility index (Phi) is 8.00. The molecule has 0 heterocycles. The van der Waals surface area contributed by atoms with Gasteiger partial charge in [0, 0.05) is 18.8 Å². The molecule has 0 rings (SSSR count). The second-order valence-corrected chi connectivity index (χ2v) is 4.73. The molecule has 0 N–H and O–H groups in total. The lowest BCUT2D eigenvalue weighted by atomic mass is 10.0. The number of rotatable bonds is 8. The van der Waals surface area contributed by atoms with Gasteiger partial charge in [-0.3, -0.25) is 14.4 Å². The molecule has 0 radical (unpaired) electrons. The molecule has 0 aliphatic carbocycles. The van der Waals surface area contributed by atoms with Gasteiger partial charge in [0.15, 0.2) is 0 Å². The summed E-state index contributed by atoms with van der Waals surface area (Å²) in [5.41, 5.74) is 0. The summed E-state index contributed by atoms with van der Waals surface area (Å²) >= 11 is 0. The lowest BCUT2D eigenvalue weighted by Crippen LogP contribution is -2.16. The zero-order valence-electron chi connectivity index (χ0n) is 11.5. The molecule has 5 nitrogen and oxygen atoms in total. The number of carbonyl (C=O) groups is 3. The fourth-order valence-electron chi connectivity index (χ4n) is 1.09. The van der Waals surface area contributed by atoms with E-state index in [1.807, 2.05) is 13.8 Å². The minimum Gasteiger partial charge on any atom is -0.428 e. The molecule has 0 aromatic heterocycles. The highest BCUT2D eigenvalue weighted by Gasteiger charge is 2.11. The third kappa shape index (κ3) is 7.81. The van der Waals surface area contributed by atoms with Crippen molar-refractivity contribution in [2.24, 2.45) is 11.8 Å². The molecular weight excluding hydrogens is 236 g/mol. The summed E-state index contributed by atoms with van der Waals surface area (Å²) in [7, 11) is 0. The third-order valence-corrected chi connectivity index (χ3v) is 2.34. The molecule has 5 heteroatoms. The highest BCUT2D eigenvalue weighted by Crippen LogP contribution is 2.05. The molecule has 0 atom stereocenters. The maximum absolute atomic E-state index is 11.3. The molecule has 0 aromatic rings.